The smallest absolute Gasteiger partial charge is 0.191 e. The van der Waals surface area contributed by atoms with Crippen LogP contribution in [0.3, 0.4) is 0 Å². The number of hydrogen-bond donors (Lipinski definition) is 2. The number of thiazole rings is 1. The normalized spacial score (nSPS) is 13.0. The fourth-order valence-electron chi connectivity index (χ4n) is 2.33. The van der Waals surface area contributed by atoms with E-state index in [0.717, 1.165) is 36.6 Å². The van der Waals surface area contributed by atoms with Gasteiger partial charge in [-0.15, -0.1) is 11.3 Å². The van der Waals surface area contributed by atoms with E-state index >= 15 is 0 Å². The zero-order valence-corrected chi connectivity index (χ0v) is 15.5. The Morgan fingerprint density at radius 3 is 2.79 bits per heavy atom. The lowest BCUT2D eigenvalue weighted by molar-refractivity contribution is 0.607. The van der Waals surface area contributed by atoms with Crippen LogP contribution in [-0.4, -0.2) is 24.5 Å². The Hall–Kier alpha value is -1.95. The van der Waals surface area contributed by atoms with Crippen molar-refractivity contribution >= 4 is 17.3 Å². The second-order valence-electron chi connectivity index (χ2n) is 5.86. The summed E-state index contributed by atoms with van der Waals surface area (Å²) in [4.78, 5) is 8.69. The SMILES string of the molecule is CN=C(NCCCc1nc(C)cs1)NC(C)c1ccc(C)c(F)c1. The van der Waals surface area contributed by atoms with Crippen molar-refractivity contribution in [3.8, 4) is 0 Å². The van der Waals surface area contributed by atoms with Gasteiger partial charge < -0.3 is 10.6 Å². The van der Waals surface area contributed by atoms with E-state index in [1.165, 1.54) is 5.01 Å². The van der Waals surface area contributed by atoms with Crippen LogP contribution >= 0.6 is 11.3 Å². The first kappa shape index (κ1) is 18.4. The summed E-state index contributed by atoms with van der Waals surface area (Å²) in [5.74, 6) is 0.543. The Kier molecular flexibility index (Phi) is 6.73. The minimum absolute atomic E-state index is 0.0205. The van der Waals surface area contributed by atoms with Crippen molar-refractivity contribution in [2.75, 3.05) is 13.6 Å². The maximum Gasteiger partial charge on any atom is 0.191 e. The number of guanidine groups is 1. The van der Waals surface area contributed by atoms with Gasteiger partial charge in [0.2, 0.25) is 0 Å². The predicted octanol–water partition coefficient (Wildman–Crippen LogP) is 3.76. The van der Waals surface area contributed by atoms with Gasteiger partial charge in [0.05, 0.1) is 11.0 Å². The Balaban J connectivity index is 1.79. The number of halogens is 1. The van der Waals surface area contributed by atoms with Gasteiger partial charge in [-0.25, -0.2) is 9.37 Å². The zero-order chi connectivity index (χ0) is 17.5. The summed E-state index contributed by atoms with van der Waals surface area (Å²) in [5, 5.41) is 9.83. The molecule has 2 aromatic rings. The van der Waals surface area contributed by atoms with E-state index in [0.29, 0.717) is 5.56 Å². The van der Waals surface area contributed by atoms with Crippen molar-refractivity contribution in [2.24, 2.45) is 4.99 Å². The summed E-state index contributed by atoms with van der Waals surface area (Å²) >= 11 is 1.70. The molecule has 0 aliphatic heterocycles. The molecule has 1 heterocycles. The molecular formula is C18H25FN4S. The fraction of sp³-hybridized carbons (Fsp3) is 0.444. The van der Waals surface area contributed by atoms with Crippen molar-refractivity contribution < 1.29 is 4.39 Å². The molecular weight excluding hydrogens is 323 g/mol. The Morgan fingerprint density at radius 2 is 2.17 bits per heavy atom. The van der Waals surface area contributed by atoms with Gasteiger partial charge in [-0.3, -0.25) is 4.99 Å². The standard InChI is InChI=1S/C18H25FN4S/c1-12-7-8-15(10-16(12)19)14(3)23-18(20-4)21-9-5-6-17-22-13(2)11-24-17/h7-8,10-11,14H,5-6,9H2,1-4H3,(H2,20,21,23). The molecule has 0 saturated heterocycles. The lowest BCUT2D eigenvalue weighted by Crippen LogP contribution is -2.39. The van der Waals surface area contributed by atoms with E-state index in [-0.39, 0.29) is 11.9 Å². The second-order valence-corrected chi connectivity index (χ2v) is 6.80. The summed E-state index contributed by atoms with van der Waals surface area (Å²) in [6.45, 7) is 6.59. The molecule has 4 nitrogen and oxygen atoms in total. The van der Waals surface area contributed by atoms with Gasteiger partial charge in [0.15, 0.2) is 5.96 Å². The summed E-state index contributed by atoms with van der Waals surface area (Å²) < 4.78 is 13.7. The number of rotatable bonds is 6. The minimum atomic E-state index is -0.178. The average molecular weight is 348 g/mol. The van der Waals surface area contributed by atoms with Crippen LogP contribution in [0.1, 0.15) is 41.2 Å². The average Bonchev–Trinajstić information content (AvgIpc) is 2.98. The molecule has 1 aromatic heterocycles. The molecule has 2 N–H and O–H groups in total. The van der Waals surface area contributed by atoms with Gasteiger partial charge >= 0.3 is 0 Å². The maximum atomic E-state index is 13.7. The highest BCUT2D eigenvalue weighted by Gasteiger charge is 2.09. The topological polar surface area (TPSA) is 49.3 Å². The number of nitrogens with zero attached hydrogens (tertiary/aromatic N) is 2. The lowest BCUT2D eigenvalue weighted by atomic mass is 10.1. The van der Waals surface area contributed by atoms with Crippen LogP contribution in [0.25, 0.3) is 0 Å². The van der Waals surface area contributed by atoms with E-state index in [2.05, 4.69) is 26.0 Å². The zero-order valence-electron chi connectivity index (χ0n) is 14.7. The Morgan fingerprint density at radius 1 is 1.38 bits per heavy atom. The monoisotopic (exact) mass is 348 g/mol. The third-order valence-electron chi connectivity index (χ3n) is 3.80. The van der Waals surface area contributed by atoms with Crippen LogP contribution in [-0.2, 0) is 6.42 Å². The largest absolute Gasteiger partial charge is 0.356 e. The highest BCUT2D eigenvalue weighted by molar-refractivity contribution is 7.09. The molecule has 1 unspecified atom stereocenters. The highest BCUT2D eigenvalue weighted by Crippen LogP contribution is 2.16. The summed E-state index contributed by atoms with van der Waals surface area (Å²) in [5.41, 5.74) is 2.64. The lowest BCUT2D eigenvalue weighted by Gasteiger charge is -2.18. The Bertz CT molecular complexity index is 696. The van der Waals surface area contributed by atoms with Crippen molar-refractivity contribution in [3.63, 3.8) is 0 Å². The van der Waals surface area contributed by atoms with Gasteiger partial charge in [0.1, 0.15) is 5.82 Å². The molecule has 1 atom stereocenters. The third-order valence-corrected chi connectivity index (χ3v) is 4.83. The first-order valence-corrected chi connectivity index (χ1v) is 9.02. The van der Waals surface area contributed by atoms with E-state index < -0.39 is 0 Å². The van der Waals surface area contributed by atoms with Crippen LogP contribution < -0.4 is 10.6 Å². The molecule has 1 aromatic carbocycles. The number of nitrogens with one attached hydrogen (secondary N) is 2. The molecule has 6 heteroatoms. The second kappa shape index (κ2) is 8.78. The van der Waals surface area contributed by atoms with Crippen LogP contribution in [0.15, 0.2) is 28.6 Å². The van der Waals surface area contributed by atoms with Gasteiger partial charge in [0.25, 0.3) is 0 Å². The predicted molar refractivity (Wildman–Crippen MR) is 99.2 cm³/mol. The third kappa shape index (κ3) is 5.30. The highest BCUT2D eigenvalue weighted by atomic mass is 32.1. The molecule has 0 spiro atoms. The van der Waals surface area contributed by atoms with Crippen molar-refractivity contribution in [2.45, 2.75) is 39.7 Å². The first-order valence-electron chi connectivity index (χ1n) is 8.14. The van der Waals surface area contributed by atoms with E-state index in [4.69, 9.17) is 0 Å². The van der Waals surface area contributed by atoms with Crippen LogP contribution in [0.2, 0.25) is 0 Å². The quantitative estimate of drug-likeness (QED) is 0.475. The molecule has 24 heavy (non-hydrogen) atoms. The summed E-state index contributed by atoms with van der Waals surface area (Å²) in [7, 11) is 1.74. The van der Waals surface area contributed by atoms with Crippen molar-refractivity contribution in [1.82, 2.24) is 15.6 Å². The molecule has 0 aliphatic rings. The summed E-state index contributed by atoms with van der Waals surface area (Å²) in [6, 6.07) is 5.29. The van der Waals surface area contributed by atoms with Crippen LogP contribution in [0, 0.1) is 19.7 Å². The maximum absolute atomic E-state index is 13.7. The van der Waals surface area contributed by atoms with E-state index in [9.17, 15) is 4.39 Å². The molecule has 0 radical (unpaired) electrons. The molecule has 0 saturated carbocycles. The fourth-order valence-corrected chi connectivity index (χ4v) is 3.14. The van der Waals surface area contributed by atoms with Crippen molar-refractivity contribution in [1.29, 1.82) is 0 Å². The number of aliphatic imine (C=N–C) groups is 1. The van der Waals surface area contributed by atoms with Gasteiger partial charge in [-0.05, 0) is 44.4 Å². The van der Waals surface area contributed by atoms with Crippen LogP contribution in [0.4, 0.5) is 4.39 Å². The molecule has 2 rings (SSSR count). The van der Waals surface area contributed by atoms with E-state index in [1.54, 1.807) is 37.4 Å². The van der Waals surface area contributed by atoms with E-state index in [1.807, 2.05) is 19.9 Å². The molecule has 0 amide bonds. The Labute approximate surface area is 147 Å². The van der Waals surface area contributed by atoms with Crippen molar-refractivity contribution in [3.05, 3.63) is 51.2 Å². The number of aryl methyl sites for hydroxylation is 3. The number of benzene rings is 1. The first-order chi connectivity index (χ1) is 11.5. The molecule has 0 aliphatic carbocycles. The number of aromatic nitrogens is 1. The summed E-state index contributed by atoms with van der Waals surface area (Å²) in [6.07, 6.45) is 1.95. The molecule has 0 bridgehead atoms. The van der Waals surface area contributed by atoms with Crippen LogP contribution in [0.5, 0.6) is 0 Å². The minimum Gasteiger partial charge on any atom is -0.356 e. The molecule has 130 valence electrons. The number of hydrogen-bond acceptors (Lipinski definition) is 3. The van der Waals surface area contributed by atoms with Gasteiger partial charge in [0, 0.05) is 31.1 Å². The molecule has 0 fully saturated rings. The van der Waals surface area contributed by atoms with Gasteiger partial charge in [-0.2, -0.15) is 0 Å². The van der Waals surface area contributed by atoms with Gasteiger partial charge in [-0.1, -0.05) is 12.1 Å².